The Kier molecular flexibility index (Phi) is 2.37. The number of hydrogen-bond donors (Lipinski definition) is 1. The SMILES string of the molecule is CC1(C)OC[C@H]([C@@](C)(O)c2ccco2)O1. The summed E-state index contributed by atoms with van der Waals surface area (Å²) in [6.07, 6.45) is 1.13. The van der Waals surface area contributed by atoms with Crippen molar-refractivity contribution >= 4 is 0 Å². The van der Waals surface area contributed by atoms with E-state index >= 15 is 0 Å². The summed E-state index contributed by atoms with van der Waals surface area (Å²) >= 11 is 0. The molecule has 4 heteroatoms. The van der Waals surface area contributed by atoms with Crippen molar-refractivity contribution in [2.75, 3.05) is 6.61 Å². The normalized spacial score (nSPS) is 28.9. The highest BCUT2D eigenvalue weighted by atomic mass is 16.7. The van der Waals surface area contributed by atoms with Crippen LogP contribution in [0.1, 0.15) is 26.5 Å². The molecule has 15 heavy (non-hydrogen) atoms. The lowest BCUT2D eigenvalue weighted by atomic mass is 9.97. The molecule has 0 bridgehead atoms. The van der Waals surface area contributed by atoms with Gasteiger partial charge in [0.2, 0.25) is 0 Å². The summed E-state index contributed by atoms with van der Waals surface area (Å²) in [6.45, 7) is 5.68. The number of ether oxygens (including phenoxy) is 2. The van der Waals surface area contributed by atoms with E-state index in [4.69, 9.17) is 13.9 Å². The molecule has 0 unspecified atom stereocenters. The molecule has 84 valence electrons. The quantitative estimate of drug-likeness (QED) is 0.809. The second kappa shape index (κ2) is 3.33. The Hall–Kier alpha value is -0.840. The predicted molar refractivity (Wildman–Crippen MR) is 53.2 cm³/mol. The molecule has 0 aliphatic carbocycles. The minimum atomic E-state index is -1.16. The van der Waals surface area contributed by atoms with Crippen LogP contribution in [0.4, 0.5) is 0 Å². The Labute approximate surface area is 88.8 Å². The van der Waals surface area contributed by atoms with Crippen LogP contribution in [0.3, 0.4) is 0 Å². The lowest BCUT2D eigenvalue weighted by molar-refractivity contribution is -0.172. The molecule has 0 saturated carbocycles. The number of aliphatic hydroxyl groups is 1. The van der Waals surface area contributed by atoms with E-state index in [-0.39, 0.29) is 0 Å². The Balaban J connectivity index is 2.17. The average molecular weight is 212 g/mol. The van der Waals surface area contributed by atoms with Gasteiger partial charge in [-0.1, -0.05) is 0 Å². The highest BCUT2D eigenvalue weighted by Gasteiger charge is 2.45. The van der Waals surface area contributed by atoms with Crippen LogP contribution in [0.2, 0.25) is 0 Å². The molecule has 0 amide bonds. The van der Waals surface area contributed by atoms with Crippen molar-refractivity contribution in [2.45, 2.75) is 38.3 Å². The van der Waals surface area contributed by atoms with E-state index in [1.165, 1.54) is 6.26 Å². The number of rotatable bonds is 2. The van der Waals surface area contributed by atoms with Crippen LogP contribution in [0.15, 0.2) is 22.8 Å². The van der Waals surface area contributed by atoms with E-state index in [2.05, 4.69) is 0 Å². The third-order valence-corrected chi connectivity index (χ3v) is 2.66. The summed E-state index contributed by atoms with van der Waals surface area (Å²) in [7, 11) is 0. The van der Waals surface area contributed by atoms with Crippen molar-refractivity contribution in [3.63, 3.8) is 0 Å². The van der Waals surface area contributed by atoms with Crippen LogP contribution in [0, 0.1) is 0 Å². The standard InChI is InChI=1S/C11H16O4/c1-10(2)14-7-9(15-10)11(3,12)8-5-4-6-13-8/h4-6,9,12H,7H2,1-3H3/t9-,11+/m1/s1. The minimum absolute atomic E-state index is 0.362. The third kappa shape index (κ3) is 1.93. The van der Waals surface area contributed by atoms with Gasteiger partial charge in [0.1, 0.15) is 17.5 Å². The van der Waals surface area contributed by atoms with Crippen molar-refractivity contribution in [3.05, 3.63) is 24.2 Å². The van der Waals surface area contributed by atoms with Gasteiger partial charge < -0.3 is 19.0 Å². The maximum Gasteiger partial charge on any atom is 0.163 e. The first-order chi connectivity index (χ1) is 6.92. The van der Waals surface area contributed by atoms with Gasteiger partial charge in [0.05, 0.1) is 12.9 Å². The van der Waals surface area contributed by atoms with Gasteiger partial charge in [0.15, 0.2) is 5.79 Å². The number of furan rings is 1. The first-order valence-electron chi connectivity index (χ1n) is 5.00. The largest absolute Gasteiger partial charge is 0.466 e. The molecule has 0 spiro atoms. The topological polar surface area (TPSA) is 51.8 Å². The Morgan fingerprint density at radius 3 is 2.73 bits per heavy atom. The van der Waals surface area contributed by atoms with E-state index in [1.807, 2.05) is 13.8 Å². The second-order valence-electron chi connectivity index (χ2n) is 4.44. The molecule has 2 rings (SSSR count). The van der Waals surface area contributed by atoms with E-state index in [0.29, 0.717) is 12.4 Å². The smallest absolute Gasteiger partial charge is 0.163 e. The first kappa shape index (κ1) is 10.7. The van der Waals surface area contributed by atoms with E-state index in [0.717, 1.165) is 0 Å². The summed E-state index contributed by atoms with van der Waals surface area (Å²) in [5.74, 6) is -0.143. The summed E-state index contributed by atoms with van der Waals surface area (Å²) in [5.41, 5.74) is -1.16. The molecule has 2 atom stereocenters. The Morgan fingerprint density at radius 1 is 1.53 bits per heavy atom. The summed E-state index contributed by atoms with van der Waals surface area (Å²) in [5, 5.41) is 10.3. The molecule has 1 aromatic heterocycles. The van der Waals surface area contributed by atoms with E-state index < -0.39 is 17.5 Å². The molecular weight excluding hydrogens is 196 g/mol. The van der Waals surface area contributed by atoms with Crippen LogP contribution in [-0.2, 0) is 15.1 Å². The molecule has 4 nitrogen and oxygen atoms in total. The summed E-state index contributed by atoms with van der Waals surface area (Å²) < 4.78 is 16.2. The van der Waals surface area contributed by atoms with Crippen molar-refractivity contribution in [1.82, 2.24) is 0 Å². The third-order valence-electron chi connectivity index (χ3n) is 2.66. The molecule has 1 fully saturated rings. The molecule has 1 aromatic rings. The fourth-order valence-corrected chi connectivity index (χ4v) is 1.69. The minimum Gasteiger partial charge on any atom is -0.466 e. The lowest BCUT2D eigenvalue weighted by Crippen LogP contribution is -2.39. The summed E-state index contributed by atoms with van der Waals surface area (Å²) in [4.78, 5) is 0. The molecule has 2 heterocycles. The van der Waals surface area contributed by atoms with Crippen LogP contribution in [0.5, 0.6) is 0 Å². The highest BCUT2D eigenvalue weighted by molar-refractivity contribution is 5.11. The van der Waals surface area contributed by atoms with Crippen molar-refractivity contribution < 1.29 is 19.0 Å². The lowest BCUT2D eigenvalue weighted by Gasteiger charge is -2.27. The maximum atomic E-state index is 10.3. The van der Waals surface area contributed by atoms with Crippen molar-refractivity contribution in [3.8, 4) is 0 Å². The maximum absolute atomic E-state index is 10.3. The number of hydrogen-bond acceptors (Lipinski definition) is 4. The van der Waals surface area contributed by atoms with E-state index in [1.54, 1.807) is 19.1 Å². The first-order valence-corrected chi connectivity index (χ1v) is 5.00. The Morgan fingerprint density at radius 2 is 2.27 bits per heavy atom. The predicted octanol–water partition coefficient (Wildman–Crippen LogP) is 1.64. The molecule has 1 N–H and O–H groups in total. The van der Waals surface area contributed by atoms with Gasteiger partial charge in [-0.25, -0.2) is 0 Å². The monoisotopic (exact) mass is 212 g/mol. The molecule has 1 aliphatic heterocycles. The highest BCUT2D eigenvalue weighted by Crippen LogP contribution is 2.34. The van der Waals surface area contributed by atoms with Crippen LogP contribution >= 0.6 is 0 Å². The molecule has 1 aliphatic rings. The van der Waals surface area contributed by atoms with Crippen molar-refractivity contribution in [1.29, 1.82) is 0 Å². The van der Waals surface area contributed by atoms with Crippen molar-refractivity contribution in [2.24, 2.45) is 0 Å². The van der Waals surface area contributed by atoms with Gasteiger partial charge in [0, 0.05) is 0 Å². The van der Waals surface area contributed by atoms with Gasteiger partial charge in [0.25, 0.3) is 0 Å². The zero-order valence-corrected chi connectivity index (χ0v) is 9.19. The van der Waals surface area contributed by atoms with E-state index in [9.17, 15) is 5.11 Å². The van der Waals surface area contributed by atoms with Gasteiger partial charge in [-0.3, -0.25) is 0 Å². The summed E-state index contributed by atoms with van der Waals surface area (Å²) in [6, 6.07) is 3.47. The fraction of sp³-hybridized carbons (Fsp3) is 0.636. The van der Waals surface area contributed by atoms with Gasteiger partial charge >= 0.3 is 0 Å². The second-order valence-corrected chi connectivity index (χ2v) is 4.44. The van der Waals surface area contributed by atoms with Gasteiger partial charge in [-0.05, 0) is 32.9 Å². The van der Waals surface area contributed by atoms with Gasteiger partial charge in [-0.2, -0.15) is 0 Å². The van der Waals surface area contributed by atoms with Gasteiger partial charge in [-0.15, -0.1) is 0 Å². The zero-order valence-electron chi connectivity index (χ0n) is 9.19. The van der Waals surface area contributed by atoms with Crippen LogP contribution in [0.25, 0.3) is 0 Å². The average Bonchev–Trinajstić information content (AvgIpc) is 2.72. The molecular formula is C11H16O4. The molecule has 0 radical (unpaired) electrons. The zero-order chi connectivity index (χ0) is 11.1. The Bertz CT molecular complexity index is 326. The van der Waals surface area contributed by atoms with Crippen LogP contribution < -0.4 is 0 Å². The molecule has 1 saturated heterocycles. The molecule has 0 aromatic carbocycles. The van der Waals surface area contributed by atoms with Crippen LogP contribution in [-0.4, -0.2) is 23.6 Å². The fourth-order valence-electron chi connectivity index (χ4n) is 1.69.